The third-order valence-electron chi connectivity index (χ3n) is 4.96. The van der Waals surface area contributed by atoms with Gasteiger partial charge in [0.05, 0.1) is 11.9 Å². The van der Waals surface area contributed by atoms with Crippen molar-refractivity contribution < 1.29 is 13.2 Å². The minimum absolute atomic E-state index is 0. The molecule has 1 aromatic rings. The van der Waals surface area contributed by atoms with Gasteiger partial charge >= 0.3 is 0 Å². The monoisotopic (exact) mass is 416 g/mol. The fourth-order valence-corrected chi connectivity index (χ4v) is 4.59. The fraction of sp³-hybridized carbons (Fsp3) is 0.611. The maximum Gasteiger partial charge on any atom is 0.251 e. The average molecular weight is 417 g/mol. The molecule has 7 nitrogen and oxygen atoms in total. The van der Waals surface area contributed by atoms with Gasteiger partial charge in [-0.25, -0.2) is 8.42 Å². The van der Waals surface area contributed by atoms with E-state index < -0.39 is 10.0 Å². The zero-order valence-electron chi connectivity index (χ0n) is 15.7. The van der Waals surface area contributed by atoms with Crippen LogP contribution in [0.4, 0.5) is 5.69 Å². The highest BCUT2D eigenvalue weighted by Gasteiger charge is 2.24. The summed E-state index contributed by atoms with van der Waals surface area (Å²) in [6.45, 7) is 6.34. The summed E-state index contributed by atoms with van der Waals surface area (Å²) in [5, 5.41) is 6.30. The Bertz CT molecular complexity index is 751. The van der Waals surface area contributed by atoms with Crippen LogP contribution in [0, 0.1) is 0 Å². The molecule has 2 N–H and O–H groups in total. The van der Waals surface area contributed by atoms with E-state index in [2.05, 4.69) is 15.5 Å². The maximum absolute atomic E-state index is 12.4. The molecule has 0 radical (unpaired) electrons. The number of hydrogen-bond donors (Lipinski definition) is 2. The second kappa shape index (κ2) is 9.73. The van der Waals surface area contributed by atoms with Crippen LogP contribution in [0.1, 0.15) is 28.8 Å². The number of amides is 1. The standard InChI is InChI=1S/C18H28N4O3S.ClH/c1-26(24,25)22-11-2-4-15-14-16(5-6-17(15)22)18(23)20-7-3-10-21-12-8-19-9-13-21;/h5-6,14,19H,2-4,7-13H2,1H3,(H,20,23);1H. The van der Waals surface area contributed by atoms with Crippen molar-refractivity contribution in [2.75, 3.05) is 56.4 Å². The number of sulfonamides is 1. The number of rotatable bonds is 6. The third kappa shape index (κ3) is 5.81. The lowest BCUT2D eigenvalue weighted by molar-refractivity contribution is 0.0951. The minimum atomic E-state index is -3.28. The SMILES string of the molecule is CS(=O)(=O)N1CCCc2cc(C(=O)NCCCN3CCNCC3)ccc21.Cl. The Kier molecular flexibility index (Phi) is 7.91. The number of nitrogens with zero attached hydrogens (tertiary/aromatic N) is 2. The van der Waals surface area contributed by atoms with Crippen molar-refractivity contribution in [3.05, 3.63) is 29.3 Å². The van der Waals surface area contributed by atoms with Crippen molar-refractivity contribution in [2.45, 2.75) is 19.3 Å². The molecular weight excluding hydrogens is 388 g/mol. The Hall–Kier alpha value is -1.35. The van der Waals surface area contributed by atoms with E-state index in [1.54, 1.807) is 12.1 Å². The van der Waals surface area contributed by atoms with Gasteiger partial charge < -0.3 is 15.5 Å². The number of aryl methyl sites for hydroxylation is 1. The fourth-order valence-electron chi connectivity index (χ4n) is 3.59. The Morgan fingerprint density at radius 3 is 2.67 bits per heavy atom. The molecule has 0 unspecified atom stereocenters. The van der Waals surface area contributed by atoms with E-state index in [-0.39, 0.29) is 18.3 Å². The van der Waals surface area contributed by atoms with Crippen LogP contribution in [0.5, 0.6) is 0 Å². The quantitative estimate of drug-likeness (QED) is 0.672. The first-order valence-corrected chi connectivity index (χ1v) is 11.1. The van der Waals surface area contributed by atoms with Gasteiger partial charge in [0.2, 0.25) is 10.0 Å². The van der Waals surface area contributed by atoms with Crippen molar-refractivity contribution in [3.8, 4) is 0 Å². The summed E-state index contributed by atoms with van der Waals surface area (Å²) in [4.78, 5) is 14.8. The molecule has 2 aliphatic rings. The molecule has 1 fully saturated rings. The summed E-state index contributed by atoms with van der Waals surface area (Å²) in [6.07, 6.45) is 3.72. The van der Waals surface area contributed by atoms with E-state index in [0.717, 1.165) is 57.5 Å². The van der Waals surface area contributed by atoms with Crippen LogP contribution in [0.2, 0.25) is 0 Å². The van der Waals surface area contributed by atoms with E-state index >= 15 is 0 Å². The van der Waals surface area contributed by atoms with Gasteiger partial charge in [0, 0.05) is 44.8 Å². The van der Waals surface area contributed by atoms with Gasteiger partial charge in [0.1, 0.15) is 0 Å². The molecule has 3 rings (SSSR count). The van der Waals surface area contributed by atoms with Crippen LogP contribution in [0.3, 0.4) is 0 Å². The molecular formula is C18H29ClN4O3S. The lowest BCUT2D eigenvalue weighted by Crippen LogP contribution is -2.44. The molecule has 1 aromatic carbocycles. The highest BCUT2D eigenvalue weighted by atomic mass is 35.5. The summed E-state index contributed by atoms with van der Waals surface area (Å²) in [6, 6.07) is 5.30. The second-order valence-electron chi connectivity index (χ2n) is 6.98. The molecule has 2 aliphatic heterocycles. The molecule has 9 heteroatoms. The van der Waals surface area contributed by atoms with Gasteiger partial charge in [-0.05, 0) is 49.6 Å². The van der Waals surface area contributed by atoms with Crippen molar-refractivity contribution in [1.82, 2.24) is 15.5 Å². The van der Waals surface area contributed by atoms with E-state index in [9.17, 15) is 13.2 Å². The molecule has 0 saturated carbocycles. The highest BCUT2D eigenvalue weighted by molar-refractivity contribution is 7.92. The smallest absolute Gasteiger partial charge is 0.251 e. The number of fused-ring (bicyclic) bond motifs is 1. The van der Waals surface area contributed by atoms with Gasteiger partial charge in [-0.1, -0.05) is 0 Å². The van der Waals surface area contributed by atoms with Gasteiger partial charge in [0.15, 0.2) is 0 Å². The van der Waals surface area contributed by atoms with Gasteiger partial charge in [0.25, 0.3) is 5.91 Å². The van der Waals surface area contributed by atoms with Gasteiger partial charge in [-0.15, -0.1) is 12.4 Å². The van der Waals surface area contributed by atoms with Crippen molar-refractivity contribution in [3.63, 3.8) is 0 Å². The third-order valence-corrected chi connectivity index (χ3v) is 6.14. The van der Waals surface area contributed by atoms with E-state index in [4.69, 9.17) is 0 Å². The van der Waals surface area contributed by atoms with E-state index in [1.165, 1.54) is 10.6 Å². The Labute approximate surface area is 167 Å². The lowest BCUT2D eigenvalue weighted by Gasteiger charge is -2.29. The number of carbonyl (C=O) groups excluding carboxylic acids is 1. The molecule has 0 aromatic heterocycles. The first kappa shape index (κ1) is 21.9. The number of halogens is 1. The summed E-state index contributed by atoms with van der Waals surface area (Å²) in [5.41, 5.74) is 2.23. The average Bonchev–Trinajstić information content (AvgIpc) is 2.64. The van der Waals surface area contributed by atoms with E-state index in [1.807, 2.05) is 6.07 Å². The number of piperazine rings is 1. The molecule has 0 spiro atoms. The molecule has 0 atom stereocenters. The van der Waals surface area contributed by atoms with Crippen LogP contribution < -0.4 is 14.9 Å². The van der Waals surface area contributed by atoms with Crippen LogP contribution >= 0.6 is 12.4 Å². The van der Waals surface area contributed by atoms with Crippen LogP contribution in [0.25, 0.3) is 0 Å². The Morgan fingerprint density at radius 2 is 1.96 bits per heavy atom. The van der Waals surface area contributed by atoms with Gasteiger partial charge in [-0.3, -0.25) is 9.10 Å². The van der Waals surface area contributed by atoms with Crippen molar-refractivity contribution in [1.29, 1.82) is 0 Å². The summed E-state index contributed by atoms with van der Waals surface area (Å²) >= 11 is 0. The first-order chi connectivity index (χ1) is 12.4. The lowest BCUT2D eigenvalue weighted by atomic mass is 10.0. The Morgan fingerprint density at radius 1 is 1.22 bits per heavy atom. The molecule has 27 heavy (non-hydrogen) atoms. The van der Waals surface area contributed by atoms with Crippen LogP contribution in [-0.4, -0.2) is 71.3 Å². The number of benzene rings is 1. The maximum atomic E-state index is 12.4. The highest BCUT2D eigenvalue weighted by Crippen LogP contribution is 2.29. The molecule has 1 amide bonds. The molecule has 0 aliphatic carbocycles. The number of nitrogens with one attached hydrogen (secondary N) is 2. The summed E-state index contributed by atoms with van der Waals surface area (Å²) in [5.74, 6) is -0.0930. The molecule has 0 bridgehead atoms. The molecule has 2 heterocycles. The Balaban J connectivity index is 0.00000261. The van der Waals surface area contributed by atoms with Crippen LogP contribution in [0.15, 0.2) is 18.2 Å². The zero-order valence-corrected chi connectivity index (χ0v) is 17.4. The largest absolute Gasteiger partial charge is 0.352 e. The normalized spacial score (nSPS) is 17.7. The van der Waals surface area contributed by atoms with Crippen LogP contribution in [-0.2, 0) is 16.4 Å². The van der Waals surface area contributed by atoms with E-state index in [0.29, 0.717) is 24.3 Å². The minimum Gasteiger partial charge on any atom is -0.352 e. The summed E-state index contributed by atoms with van der Waals surface area (Å²) in [7, 11) is -3.28. The number of carbonyl (C=O) groups is 1. The predicted molar refractivity (Wildman–Crippen MR) is 110 cm³/mol. The topological polar surface area (TPSA) is 81.8 Å². The zero-order chi connectivity index (χ0) is 18.6. The van der Waals surface area contributed by atoms with Gasteiger partial charge in [-0.2, -0.15) is 0 Å². The molecule has 152 valence electrons. The second-order valence-corrected chi connectivity index (χ2v) is 8.89. The predicted octanol–water partition coefficient (Wildman–Crippen LogP) is 0.846. The summed E-state index contributed by atoms with van der Waals surface area (Å²) < 4.78 is 25.3. The number of hydrogen-bond acceptors (Lipinski definition) is 5. The first-order valence-electron chi connectivity index (χ1n) is 9.27. The van der Waals surface area contributed by atoms with Crippen molar-refractivity contribution in [2.24, 2.45) is 0 Å². The number of anilines is 1. The van der Waals surface area contributed by atoms with Crippen molar-refractivity contribution >= 4 is 34.0 Å². The molecule has 1 saturated heterocycles.